The van der Waals surface area contributed by atoms with Crippen LogP contribution in [0.5, 0.6) is 0 Å². The second-order valence-electron chi connectivity index (χ2n) is 8.87. The number of anilines is 2. The number of benzene rings is 2. The van der Waals surface area contributed by atoms with Crippen molar-refractivity contribution in [3.63, 3.8) is 0 Å². The number of hydrogen-bond donors (Lipinski definition) is 2. The summed E-state index contributed by atoms with van der Waals surface area (Å²) in [5.41, 5.74) is 6.85. The van der Waals surface area contributed by atoms with Crippen LogP contribution in [-0.4, -0.2) is 36.2 Å². The molecule has 3 heterocycles. The molecule has 2 aromatic heterocycles. The first-order valence-corrected chi connectivity index (χ1v) is 13.4. The standard InChI is InChI=1S/C27H27FN6O2S/c1-16(2)27(35)32-19-10-11-20(21(28)14-19)24-22(23-25(29)30-15-31-26(23)34(24)3)17-6-8-18(9-7-17)33-37(36)12-4-5-13-37/h6-11,14-15H,1,4-5,12-13H2,2-3H3,(H,32,35)(H2,29,30,31)/i6D,7D,8D,9D. The third-order valence-electron chi connectivity index (χ3n) is 6.16. The van der Waals surface area contributed by atoms with Crippen LogP contribution in [0.3, 0.4) is 0 Å². The van der Waals surface area contributed by atoms with Gasteiger partial charge in [0.2, 0.25) is 0 Å². The maximum absolute atomic E-state index is 15.7. The Hall–Kier alpha value is -4.05. The summed E-state index contributed by atoms with van der Waals surface area (Å²) < 4.78 is 69.7. The molecule has 1 aliphatic rings. The van der Waals surface area contributed by atoms with E-state index in [9.17, 15) is 9.00 Å². The molecule has 0 bridgehead atoms. The number of fused-ring (bicyclic) bond motifs is 1. The minimum Gasteiger partial charge on any atom is -0.383 e. The van der Waals surface area contributed by atoms with E-state index < -0.39 is 45.6 Å². The van der Waals surface area contributed by atoms with Crippen molar-refractivity contribution in [1.82, 2.24) is 14.5 Å². The topological polar surface area (TPSA) is 115 Å². The average Bonchev–Trinajstić information content (AvgIpc) is 3.48. The number of nitrogens with zero attached hydrogens (tertiary/aromatic N) is 4. The van der Waals surface area contributed by atoms with Crippen molar-refractivity contribution in [3.05, 3.63) is 66.7 Å². The smallest absolute Gasteiger partial charge is 0.250 e. The average molecular weight is 523 g/mol. The van der Waals surface area contributed by atoms with Crippen molar-refractivity contribution >= 4 is 43.9 Å². The molecule has 0 radical (unpaired) electrons. The Kier molecular flexibility index (Phi) is 5.12. The number of aryl methyl sites for hydroxylation is 1. The van der Waals surface area contributed by atoms with E-state index in [2.05, 4.69) is 26.2 Å². The molecule has 0 atom stereocenters. The fourth-order valence-corrected chi connectivity index (χ4v) is 6.47. The minimum atomic E-state index is -2.69. The highest BCUT2D eigenvalue weighted by Crippen LogP contribution is 2.43. The van der Waals surface area contributed by atoms with Gasteiger partial charge in [0, 0.05) is 40.9 Å². The van der Waals surface area contributed by atoms with Crippen LogP contribution in [-0.2, 0) is 21.6 Å². The van der Waals surface area contributed by atoms with Crippen LogP contribution in [0.2, 0.25) is 0 Å². The molecule has 3 N–H and O–H groups in total. The molecular formula is C27H27FN6O2S. The number of hydrogen-bond acceptors (Lipinski definition) is 6. The number of rotatable bonds is 5. The third kappa shape index (κ3) is 4.60. The van der Waals surface area contributed by atoms with Gasteiger partial charge in [0.25, 0.3) is 5.91 Å². The lowest BCUT2D eigenvalue weighted by atomic mass is 9.98. The van der Waals surface area contributed by atoms with Gasteiger partial charge in [-0.15, -0.1) is 0 Å². The Bertz CT molecular complexity index is 1870. The van der Waals surface area contributed by atoms with Crippen LogP contribution in [0.4, 0.5) is 21.6 Å². The van der Waals surface area contributed by atoms with Gasteiger partial charge in [0.1, 0.15) is 23.6 Å². The highest BCUT2D eigenvalue weighted by Gasteiger charge is 2.24. The molecule has 1 aliphatic heterocycles. The zero-order valence-corrected chi connectivity index (χ0v) is 21.1. The first-order valence-electron chi connectivity index (χ1n) is 13.5. The van der Waals surface area contributed by atoms with Gasteiger partial charge in [0.05, 0.1) is 32.0 Å². The van der Waals surface area contributed by atoms with Gasteiger partial charge in [-0.2, -0.15) is 4.36 Å². The highest BCUT2D eigenvalue weighted by molar-refractivity contribution is 7.93. The highest BCUT2D eigenvalue weighted by atomic mass is 32.2. The zero-order valence-electron chi connectivity index (χ0n) is 24.3. The molecule has 190 valence electrons. The Morgan fingerprint density at radius 1 is 1.24 bits per heavy atom. The lowest BCUT2D eigenvalue weighted by molar-refractivity contribution is -0.112. The number of nitrogen functional groups attached to an aromatic ring is 1. The van der Waals surface area contributed by atoms with E-state index in [1.807, 2.05) is 0 Å². The second kappa shape index (κ2) is 9.44. The van der Waals surface area contributed by atoms with Crippen LogP contribution in [0.15, 0.2) is 65.2 Å². The summed E-state index contributed by atoms with van der Waals surface area (Å²) in [6.45, 7) is 5.10. The molecule has 5 rings (SSSR count). The second-order valence-corrected chi connectivity index (χ2v) is 11.4. The van der Waals surface area contributed by atoms with E-state index in [0.717, 1.165) is 6.07 Å². The van der Waals surface area contributed by atoms with Crippen molar-refractivity contribution in [1.29, 1.82) is 0 Å². The van der Waals surface area contributed by atoms with Crippen LogP contribution in [0.25, 0.3) is 33.4 Å². The van der Waals surface area contributed by atoms with Crippen molar-refractivity contribution in [2.24, 2.45) is 11.4 Å². The molecule has 10 heteroatoms. The predicted octanol–water partition coefficient (Wildman–Crippen LogP) is 5.43. The van der Waals surface area contributed by atoms with Crippen molar-refractivity contribution in [3.8, 4) is 22.4 Å². The zero-order chi connectivity index (χ0) is 29.8. The van der Waals surface area contributed by atoms with Gasteiger partial charge in [-0.05, 0) is 55.6 Å². The molecule has 0 aliphatic carbocycles. The Morgan fingerprint density at radius 3 is 2.59 bits per heavy atom. The van der Waals surface area contributed by atoms with Crippen molar-refractivity contribution in [2.75, 3.05) is 22.6 Å². The first kappa shape index (κ1) is 20.1. The van der Waals surface area contributed by atoms with Crippen molar-refractivity contribution in [2.45, 2.75) is 19.8 Å². The van der Waals surface area contributed by atoms with E-state index >= 15 is 4.39 Å². The van der Waals surface area contributed by atoms with E-state index in [0.29, 0.717) is 24.3 Å². The summed E-state index contributed by atoms with van der Waals surface area (Å²) in [4.78, 5) is 20.4. The summed E-state index contributed by atoms with van der Waals surface area (Å²) >= 11 is 0. The Morgan fingerprint density at radius 2 is 1.95 bits per heavy atom. The first-order chi connectivity index (χ1) is 19.3. The SMILES string of the molecule is [2H]c1c([2H])c(-c2c(-c3ccc(NC(=O)C(=C)C)cc3F)n(C)c3ncnc(N)c23)c([2H])c([2H])c1N=S1(=O)CCCC1. The fraction of sp³-hybridized carbons (Fsp3) is 0.222. The normalized spacial score (nSPS) is 16.1. The number of nitrogens with one attached hydrogen (secondary N) is 1. The van der Waals surface area contributed by atoms with Crippen molar-refractivity contribution < 1.29 is 18.9 Å². The molecule has 37 heavy (non-hydrogen) atoms. The summed E-state index contributed by atoms with van der Waals surface area (Å²) in [7, 11) is -1.08. The van der Waals surface area contributed by atoms with E-state index in [1.165, 1.54) is 30.0 Å². The molecule has 0 saturated carbocycles. The largest absolute Gasteiger partial charge is 0.383 e. The third-order valence-corrected chi connectivity index (χ3v) is 8.53. The van der Waals surface area contributed by atoms with E-state index in [-0.39, 0.29) is 56.2 Å². The Balaban J connectivity index is 1.81. The lowest BCUT2D eigenvalue weighted by Crippen LogP contribution is -2.12. The van der Waals surface area contributed by atoms with E-state index in [4.69, 9.17) is 11.2 Å². The molecule has 1 amide bonds. The molecule has 0 unspecified atom stereocenters. The fourth-order valence-electron chi connectivity index (χ4n) is 4.35. The van der Waals surface area contributed by atoms with Crippen LogP contribution >= 0.6 is 0 Å². The number of carbonyl (C=O) groups is 1. The summed E-state index contributed by atoms with van der Waals surface area (Å²) in [5.74, 6) is -0.547. The van der Waals surface area contributed by atoms with Gasteiger partial charge in [-0.1, -0.05) is 18.7 Å². The number of aromatic nitrogens is 3. The van der Waals surface area contributed by atoms with Crippen LogP contribution in [0, 0.1) is 5.82 Å². The molecular weight excluding hydrogens is 491 g/mol. The van der Waals surface area contributed by atoms with Gasteiger partial charge in [-0.25, -0.2) is 18.6 Å². The monoisotopic (exact) mass is 522 g/mol. The van der Waals surface area contributed by atoms with Gasteiger partial charge in [0.15, 0.2) is 0 Å². The number of halogens is 1. The number of nitrogens with two attached hydrogens (primary N) is 1. The maximum atomic E-state index is 15.7. The molecule has 2 aromatic carbocycles. The predicted molar refractivity (Wildman–Crippen MR) is 146 cm³/mol. The summed E-state index contributed by atoms with van der Waals surface area (Å²) in [5, 5.41) is 2.78. The van der Waals surface area contributed by atoms with Crippen LogP contribution in [0.1, 0.15) is 25.2 Å². The summed E-state index contributed by atoms with van der Waals surface area (Å²) in [6, 6.07) is 2.21. The molecule has 0 spiro atoms. The Labute approximate surface area is 220 Å². The molecule has 1 fully saturated rings. The van der Waals surface area contributed by atoms with Gasteiger partial charge >= 0.3 is 0 Å². The number of carbonyl (C=O) groups excluding carboxylic acids is 1. The molecule has 4 aromatic rings. The quantitative estimate of drug-likeness (QED) is 0.339. The van der Waals surface area contributed by atoms with Gasteiger partial charge < -0.3 is 15.6 Å². The maximum Gasteiger partial charge on any atom is 0.250 e. The molecule has 1 saturated heterocycles. The van der Waals surface area contributed by atoms with Gasteiger partial charge in [-0.3, -0.25) is 4.79 Å². The van der Waals surface area contributed by atoms with E-state index in [1.54, 1.807) is 7.05 Å². The number of amides is 1. The van der Waals surface area contributed by atoms with Crippen LogP contribution < -0.4 is 11.1 Å². The molecule has 8 nitrogen and oxygen atoms in total. The minimum absolute atomic E-state index is 0.00265. The lowest BCUT2D eigenvalue weighted by Gasteiger charge is -2.12. The summed E-state index contributed by atoms with van der Waals surface area (Å²) in [6.07, 6.45) is 2.65.